The molecule has 1 saturated heterocycles. The highest BCUT2D eigenvalue weighted by molar-refractivity contribution is 7.92. The van der Waals surface area contributed by atoms with Crippen molar-refractivity contribution >= 4 is 33.0 Å². The Balaban J connectivity index is 1.30. The lowest BCUT2D eigenvalue weighted by Gasteiger charge is -2.45. The first-order chi connectivity index (χ1) is 19.5. The Morgan fingerprint density at radius 1 is 1.05 bits per heavy atom. The zero-order valence-corrected chi connectivity index (χ0v) is 24.0. The number of fused-ring (bicyclic) bond motifs is 2. The third-order valence-corrected chi connectivity index (χ3v) is 10.3. The highest BCUT2D eigenvalue weighted by atomic mass is 32.2. The SMILES string of the molecule is CC1(C)CN(Cc2ccccc2)CCC1Nc1cc(NS(=O)(=O)c2ccc(F)cc2F)cc2c1NC(=O)C21CCC1. The van der Waals surface area contributed by atoms with Crippen LogP contribution < -0.4 is 15.4 Å². The first kappa shape index (κ1) is 27.7. The van der Waals surface area contributed by atoms with E-state index in [0.717, 1.165) is 50.2 Å². The molecule has 2 heterocycles. The summed E-state index contributed by atoms with van der Waals surface area (Å²) in [5.74, 6) is -2.11. The number of nitrogens with one attached hydrogen (secondary N) is 3. The van der Waals surface area contributed by atoms with Gasteiger partial charge in [0.1, 0.15) is 16.5 Å². The molecule has 1 spiro atoms. The van der Waals surface area contributed by atoms with Gasteiger partial charge >= 0.3 is 0 Å². The molecule has 10 heteroatoms. The Morgan fingerprint density at radius 2 is 1.80 bits per heavy atom. The number of hydrogen-bond donors (Lipinski definition) is 3. The summed E-state index contributed by atoms with van der Waals surface area (Å²) in [5, 5.41) is 6.71. The molecule has 1 saturated carbocycles. The Kier molecular flexibility index (Phi) is 6.81. The summed E-state index contributed by atoms with van der Waals surface area (Å²) in [6.45, 7) is 7.01. The molecule has 1 amide bonds. The normalized spacial score (nSPS) is 21.2. The number of sulfonamides is 1. The van der Waals surface area contributed by atoms with Crippen molar-refractivity contribution in [1.82, 2.24) is 4.90 Å². The minimum absolute atomic E-state index is 0.0508. The molecule has 7 nitrogen and oxygen atoms in total. The van der Waals surface area contributed by atoms with Crippen molar-refractivity contribution in [1.29, 1.82) is 0 Å². The molecule has 0 bridgehead atoms. The van der Waals surface area contributed by atoms with E-state index in [1.165, 1.54) is 5.56 Å². The van der Waals surface area contributed by atoms with Crippen LogP contribution in [0.2, 0.25) is 0 Å². The second-order valence-corrected chi connectivity index (χ2v) is 13.8. The maximum atomic E-state index is 14.4. The number of likely N-dealkylation sites (tertiary alicyclic amines) is 1. The van der Waals surface area contributed by atoms with Gasteiger partial charge in [0.2, 0.25) is 5.91 Å². The topological polar surface area (TPSA) is 90.5 Å². The molecule has 1 atom stereocenters. The molecule has 41 heavy (non-hydrogen) atoms. The van der Waals surface area contributed by atoms with Crippen molar-refractivity contribution in [3.8, 4) is 0 Å². The van der Waals surface area contributed by atoms with Crippen LogP contribution in [0.5, 0.6) is 0 Å². The Hall–Kier alpha value is -3.50. The average molecular weight is 581 g/mol. The van der Waals surface area contributed by atoms with Gasteiger partial charge < -0.3 is 10.6 Å². The molecule has 0 aromatic heterocycles. The maximum absolute atomic E-state index is 14.4. The minimum Gasteiger partial charge on any atom is -0.380 e. The molecule has 3 N–H and O–H groups in total. The Morgan fingerprint density at radius 3 is 2.46 bits per heavy atom. The average Bonchev–Trinajstić information content (AvgIpc) is 3.18. The van der Waals surface area contributed by atoms with E-state index in [9.17, 15) is 22.0 Å². The van der Waals surface area contributed by atoms with Crippen molar-refractivity contribution in [3.63, 3.8) is 0 Å². The van der Waals surface area contributed by atoms with Gasteiger partial charge in [0.15, 0.2) is 0 Å². The molecule has 1 unspecified atom stereocenters. The fraction of sp³-hybridized carbons (Fsp3) is 0.387. The number of hydrogen-bond acceptors (Lipinski definition) is 5. The van der Waals surface area contributed by atoms with E-state index in [1.54, 1.807) is 12.1 Å². The van der Waals surface area contributed by atoms with Crippen molar-refractivity contribution in [2.45, 2.75) is 62.4 Å². The van der Waals surface area contributed by atoms with Crippen molar-refractivity contribution in [2.75, 3.05) is 28.4 Å². The first-order valence-electron chi connectivity index (χ1n) is 14.0. The van der Waals surface area contributed by atoms with Crippen molar-refractivity contribution < 1.29 is 22.0 Å². The van der Waals surface area contributed by atoms with Gasteiger partial charge in [-0.1, -0.05) is 50.6 Å². The molecule has 2 aliphatic heterocycles. The van der Waals surface area contributed by atoms with Crippen LogP contribution in [0.15, 0.2) is 65.6 Å². The van der Waals surface area contributed by atoms with Crippen LogP contribution in [0.1, 0.15) is 50.7 Å². The highest BCUT2D eigenvalue weighted by Crippen LogP contribution is 2.54. The van der Waals surface area contributed by atoms with Crippen molar-refractivity contribution in [2.24, 2.45) is 5.41 Å². The zero-order valence-electron chi connectivity index (χ0n) is 23.1. The minimum atomic E-state index is -4.36. The summed E-state index contributed by atoms with van der Waals surface area (Å²) < 4.78 is 56.6. The quantitative estimate of drug-likeness (QED) is 0.326. The molecule has 6 rings (SSSR count). The number of piperidine rings is 1. The van der Waals surface area contributed by atoms with Gasteiger partial charge in [-0.3, -0.25) is 14.4 Å². The second kappa shape index (κ2) is 10.1. The van der Waals surface area contributed by atoms with E-state index in [0.29, 0.717) is 30.3 Å². The molecule has 1 aliphatic carbocycles. The van der Waals surface area contributed by atoms with Crippen LogP contribution in [0.4, 0.5) is 25.8 Å². The van der Waals surface area contributed by atoms with E-state index in [-0.39, 0.29) is 23.1 Å². The summed E-state index contributed by atoms with van der Waals surface area (Å²) in [5.41, 5.74) is 2.71. The monoisotopic (exact) mass is 580 g/mol. The number of anilines is 3. The summed E-state index contributed by atoms with van der Waals surface area (Å²) in [6.07, 6.45) is 3.11. The Bertz CT molecular complexity index is 1610. The molecule has 2 fully saturated rings. The molecular weight excluding hydrogens is 546 g/mol. The Labute approximate surface area is 239 Å². The number of rotatable bonds is 7. The molecule has 216 valence electrons. The summed E-state index contributed by atoms with van der Waals surface area (Å²) in [6, 6.07) is 16.1. The van der Waals surface area contributed by atoms with Crippen LogP contribution in [0, 0.1) is 17.0 Å². The predicted octanol–water partition coefficient (Wildman–Crippen LogP) is 5.85. The third kappa shape index (κ3) is 5.08. The molecule has 0 radical (unpaired) electrons. The van der Waals surface area contributed by atoms with Crippen LogP contribution in [0.25, 0.3) is 0 Å². The largest absolute Gasteiger partial charge is 0.380 e. The van der Waals surface area contributed by atoms with Gasteiger partial charge in [-0.25, -0.2) is 17.2 Å². The van der Waals surface area contributed by atoms with Gasteiger partial charge in [0.05, 0.1) is 22.5 Å². The number of carbonyl (C=O) groups excluding carboxylic acids is 1. The number of carbonyl (C=O) groups is 1. The first-order valence-corrected chi connectivity index (χ1v) is 15.5. The number of nitrogens with zero attached hydrogens (tertiary/aromatic N) is 1. The van der Waals surface area contributed by atoms with E-state index < -0.39 is 32.0 Å². The van der Waals surface area contributed by atoms with E-state index in [2.05, 4.69) is 46.2 Å². The van der Waals surface area contributed by atoms with Crippen LogP contribution in [0.3, 0.4) is 0 Å². The lowest BCUT2D eigenvalue weighted by molar-refractivity contribution is -0.123. The fourth-order valence-electron chi connectivity index (χ4n) is 6.51. The maximum Gasteiger partial charge on any atom is 0.264 e. The van der Waals surface area contributed by atoms with E-state index in [1.807, 2.05) is 18.2 Å². The van der Waals surface area contributed by atoms with Gasteiger partial charge in [-0.05, 0) is 60.1 Å². The van der Waals surface area contributed by atoms with E-state index >= 15 is 0 Å². The lowest BCUT2D eigenvalue weighted by Crippen LogP contribution is -2.51. The second-order valence-electron chi connectivity index (χ2n) is 12.2. The van der Waals surface area contributed by atoms with E-state index in [4.69, 9.17) is 0 Å². The van der Waals surface area contributed by atoms with Crippen LogP contribution in [-0.4, -0.2) is 38.4 Å². The molecule has 3 aliphatic rings. The predicted molar refractivity (Wildman–Crippen MR) is 155 cm³/mol. The zero-order chi connectivity index (χ0) is 29.0. The lowest BCUT2D eigenvalue weighted by atomic mass is 9.65. The third-order valence-electron chi connectivity index (χ3n) is 8.86. The summed E-state index contributed by atoms with van der Waals surface area (Å²) in [4.78, 5) is 14.9. The van der Waals surface area contributed by atoms with Gasteiger partial charge in [-0.15, -0.1) is 0 Å². The van der Waals surface area contributed by atoms with Crippen LogP contribution >= 0.6 is 0 Å². The van der Waals surface area contributed by atoms with Crippen molar-refractivity contribution in [3.05, 3.63) is 83.4 Å². The molecule has 3 aromatic rings. The fourth-order valence-corrected chi connectivity index (χ4v) is 7.61. The number of halogens is 2. The van der Waals surface area contributed by atoms with Gasteiger partial charge in [-0.2, -0.15) is 0 Å². The molecular formula is C31H34F2N4O3S. The van der Waals surface area contributed by atoms with Gasteiger partial charge in [0, 0.05) is 31.7 Å². The standard InChI is InChI=1S/C31H34F2N4O3S/c1-30(2)19-37(18-20-7-4-3-5-8-20)14-11-27(30)34-25-17-22(16-23-28(25)35-29(38)31(23)12-6-13-31)36-41(39,40)26-10-9-21(32)15-24(26)33/h3-5,7-10,15-17,27,34,36H,6,11-14,18-19H2,1-2H3,(H,35,38). The summed E-state index contributed by atoms with van der Waals surface area (Å²) >= 11 is 0. The smallest absolute Gasteiger partial charge is 0.264 e. The highest BCUT2D eigenvalue weighted by Gasteiger charge is 2.52. The number of benzene rings is 3. The van der Waals surface area contributed by atoms with Crippen LogP contribution in [-0.2, 0) is 26.8 Å². The number of amides is 1. The van der Waals surface area contributed by atoms with Gasteiger partial charge in [0.25, 0.3) is 10.0 Å². The molecule has 3 aromatic carbocycles. The summed E-state index contributed by atoms with van der Waals surface area (Å²) in [7, 11) is -4.36.